The van der Waals surface area contributed by atoms with Gasteiger partial charge in [0, 0.05) is 30.7 Å². The summed E-state index contributed by atoms with van der Waals surface area (Å²) >= 11 is 1.47. The van der Waals surface area contributed by atoms with Crippen LogP contribution in [-0.4, -0.2) is 22.2 Å². The lowest BCUT2D eigenvalue weighted by Gasteiger charge is -2.00. The lowest BCUT2D eigenvalue weighted by atomic mass is 10.4. The third kappa shape index (κ3) is 3.44. The van der Waals surface area contributed by atoms with E-state index in [4.69, 9.17) is 15.0 Å². The fourth-order valence-corrected chi connectivity index (χ4v) is 2.19. The van der Waals surface area contributed by atoms with Crippen LogP contribution in [0.1, 0.15) is 17.1 Å². The SMILES string of the molecule is COCc1cc(CSc2nc(C)cc(N)n2)no1. The topological polar surface area (TPSA) is 87.1 Å². The fourth-order valence-electron chi connectivity index (χ4n) is 1.40. The van der Waals surface area contributed by atoms with Crippen LogP contribution in [0.2, 0.25) is 0 Å². The summed E-state index contributed by atoms with van der Waals surface area (Å²) in [5, 5.41) is 4.57. The van der Waals surface area contributed by atoms with Gasteiger partial charge in [0.2, 0.25) is 0 Å². The molecule has 0 bridgehead atoms. The van der Waals surface area contributed by atoms with Gasteiger partial charge in [-0.1, -0.05) is 16.9 Å². The Balaban J connectivity index is 1.97. The van der Waals surface area contributed by atoms with Gasteiger partial charge in [0.05, 0.1) is 5.69 Å². The summed E-state index contributed by atoms with van der Waals surface area (Å²) in [4.78, 5) is 8.42. The molecule has 6 nitrogen and oxygen atoms in total. The van der Waals surface area contributed by atoms with Gasteiger partial charge in [0.1, 0.15) is 12.4 Å². The van der Waals surface area contributed by atoms with E-state index in [2.05, 4.69) is 15.1 Å². The molecule has 0 amide bonds. The van der Waals surface area contributed by atoms with Crippen molar-refractivity contribution in [2.45, 2.75) is 24.4 Å². The monoisotopic (exact) mass is 266 g/mol. The third-order valence-corrected chi connectivity index (χ3v) is 2.98. The second kappa shape index (κ2) is 5.83. The second-order valence-corrected chi connectivity index (χ2v) is 4.67. The summed E-state index contributed by atoms with van der Waals surface area (Å²) in [5.74, 6) is 1.82. The largest absolute Gasteiger partial charge is 0.384 e. The molecule has 0 unspecified atom stereocenters. The zero-order valence-electron chi connectivity index (χ0n) is 10.2. The molecule has 0 fully saturated rings. The molecule has 0 spiro atoms. The van der Waals surface area contributed by atoms with E-state index in [1.165, 1.54) is 11.8 Å². The molecule has 18 heavy (non-hydrogen) atoms. The molecular formula is C11H14N4O2S. The zero-order valence-corrected chi connectivity index (χ0v) is 11.0. The van der Waals surface area contributed by atoms with Crippen LogP contribution in [0.3, 0.4) is 0 Å². The summed E-state index contributed by atoms with van der Waals surface area (Å²) in [6.07, 6.45) is 0. The summed E-state index contributed by atoms with van der Waals surface area (Å²) in [5.41, 5.74) is 7.34. The van der Waals surface area contributed by atoms with Crippen LogP contribution >= 0.6 is 11.8 Å². The van der Waals surface area contributed by atoms with Gasteiger partial charge in [-0.3, -0.25) is 0 Å². The molecule has 0 radical (unpaired) electrons. The Kier molecular flexibility index (Phi) is 4.16. The van der Waals surface area contributed by atoms with Crippen LogP contribution < -0.4 is 5.73 Å². The van der Waals surface area contributed by atoms with Gasteiger partial charge < -0.3 is 15.0 Å². The number of hydrogen-bond acceptors (Lipinski definition) is 7. The molecule has 96 valence electrons. The second-order valence-electron chi connectivity index (χ2n) is 3.72. The van der Waals surface area contributed by atoms with E-state index in [9.17, 15) is 0 Å². The normalized spacial score (nSPS) is 10.8. The first-order valence-corrected chi connectivity index (χ1v) is 6.33. The zero-order chi connectivity index (χ0) is 13.0. The molecule has 0 aliphatic carbocycles. The Morgan fingerprint density at radius 2 is 2.22 bits per heavy atom. The molecular weight excluding hydrogens is 252 g/mol. The van der Waals surface area contributed by atoms with E-state index in [1.807, 2.05) is 13.0 Å². The summed E-state index contributed by atoms with van der Waals surface area (Å²) in [7, 11) is 1.61. The minimum atomic E-state index is 0.422. The highest BCUT2D eigenvalue weighted by Gasteiger charge is 2.06. The summed E-state index contributed by atoms with van der Waals surface area (Å²) in [6, 6.07) is 3.59. The number of thioether (sulfide) groups is 1. The molecule has 2 N–H and O–H groups in total. The van der Waals surface area contributed by atoms with Gasteiger partial charge in [-0.25, -0.2) is 9.97 Å². The van der Waals surface area contributed by atoms with Crippen LogP contribution in [0.25, 0.3) is 0 Å². The smallest absolute Gasteiger partial charge is 0.190 e. The van der Waals surface area contributed by atoms with Crippen LogP contribution in [0.15, 0.2) is 21.8 Å². The first kappa shape index (κ1) is 12.8. The number of rotatable bonds is 5. The first-order valence-electron chi connectivity index (χ1n) is 5.34. The number of aromatic nitrogens is 3. The molecule has 0 aliphatic heterocycles. The third-order valence-electron chi connectivity index (χ3n) is 2.10. The van der Waals surface area contributed by atoms with Gasteiger partial charge in [-0.15, -0.1) is 0 Å². The Hall–Kier alpha value is -1.60. The highest BCUT2D eigenvalue weighted by Crippen LogP contribution is 2.20. The van der Waals surface area contributed by atoms with E-state index in [0.717, 1.165) is 11.4 Å². The molecule has 0 saturated carbocycles. The van der Waals surface area contributed by atoms with Crippen molar-refractivity contribution in [2.24, 2.45) is 0 Å². The van der Waals surface area contributed by atoms with Crippen LogP contribution in [0.5, 0.6) is 0 Å². The number of methoxy groups -OCH3 is 1. The summed E-state index contributed by atoms with van der Waals surface area (Å²) in [6.45, 7) is 2.31. The maximum absolute atomic E-state index is 5.66. The highest BCUT2D eigenvalue weighted by molar-refractivity contribution is 7.98. The molecule has 0 aliphatic rings. The van der Waals surface area contributed by atoms with Gasteiger partial charge in [0.15, 0.2) is 10.9 Å². The van der Waals surface area contributed by atoms with E-state index < -0.39 is 0 Å². The average Bonchev–Trinajstić information content (AvgIpc) is 2.74. The van der Waals surface area contributed by atoms with Crippen molar-refractivity contribution in [1.82, 2.24) is 15.1 Å². The molecule has 2 rings (SSSR count). The van der Waals surface area contributed by atoms with Crippen molar-refractivity contribution >= 4 is 17.6 Å². The standard InChI is InChI=1S/C11H14N4O2S/c1-7-3-10(12)14-11(13-7)18-6-8-4-9(5-16-2)17-15-8/h3-4H,5-6H2,1-2H3,(H2,12,13,14). The van der Waals surface area contributed by atoms with Crippen LogP contribution in [-0.2, 0) is 17.1 Å². The van der Waals surface area contributed by atoms with E-state index >= 15 is 0 Å². The lowest BCUT2D eigenvalue weighted by Crippen LogP contribution is -1.96. The maximum Gasteiger partial charge on any atom is 0.190 e. The number of nitrogens with two attached hydrogens (primary N) is 1. The minimum Gasteiger partial charge on any atom is -0.384 e. The van der Waals surface area contributed by atoms with Gasteiger partial charge in [-0.05, 0) is 6.92 Å². The van der Waals surface area contributed by atoms with Crippen molar-refractivity contribution in [2.75, 3.05) is 12.8 Å². The molecule has 0 atom stereocenters. The number of anilines is 1. The highest BCUT2D eigenvalue weighted by atomic mass is 32.2. The average molecular weight is 266 g/mol. The molecule has 7 heteroatoms. The Bertz CT molecular complexity index is 509. The molecule has 0 saturated heterocycles. The van der Waals surface area contributed by atoms with Gasteiger partial charge >= 0.3 is 0 Å². The Labute approximate surface area is 109 Å². The number of aryl methyl sites for hydroxylation is 1. The molecule has 0 aromatic carbocycles. The number of nitrogens with zero attached hydrogens (tertiary/aromatic N) is 3. The number of ether oxygens (including phenoxy) is 1. The predicted molar refractivity (Wildman–Crippen MR) is 68.0 cm³/mol. The molecule has 2 heterocycles. The quantitative estimate of drug-likeness (QED) is 0.652. The van der Waals surface area contributed by atoms with Crippen molar-refractivity contribution in [1.29, 1.82) is 0 Å². The Morgan fingerprint density at radius 3 is 2.94 bits per heavy atom. The van der Waals surface area contributed by atoms with E-state index in [-0.39, 0.29) is 0 Å². The van der Waals surface area contributed by atoms with E-state index in [1.54, 1.807) is 13.2 Å². The van der Waals surface area contributed by atoms with Crippen molar-refractivity contribution in [3.8, 4) is 0 Å². The molecule has 2 aromatic rings. The van der Waals surface area contributed by atoms with Crippen molar-refractivity contribution < 1.29 is 9.26 Å². The number of hydrogen-bond donors (Lipinski definition) is 1. The van der Waals surface area contributed by atoms with Crippen molar-refractivity contribution in [3.63, 3.8) is 0 Å². The first-order chi connectivity index (χ1) is 8.67. The molecule has 2 aromatic heterocycles. The van der Waals surface area contributed by atoms with Gasteiger partial charge in [-0.2, -0.15) is 0 Å². The fraction of sp³-hybridized carbons (Fsp3) is 0.364. The predicted octanol–water partition coefficient (Wildman–Crippen LogP) is 1.79. The van der Waals surface area contributed by atoms with Gasteiger partial charge in [0.25, 0.3) is 0 Å². The maximum atomic E-state index is 5.66. The number of nitrogen functional groups attached to an aromatic ring is 1. The van der Waals surface area contributed by atoms with Crippen LogP contribution in [0.4, 0.5) is 5.82 Å². The lowest BCUT2D eigenvalue weighted by molar-refractivity contribution is 0.156. The minimum absolute atomic E-state index is 0.422. The Morgan fingerprint density at radius 1 is 1.39 bits per heavy atom. The van der Waals surface area contributed by atoms with Crippen molar-refractivity contribution in [3.05, 3.63) is 29.3 Å². The van der Waals surface area contributed by atoms with Crippen LogP contribution in [0, 0.1) is 6.92 Å². The van der Waals surface area contributed by atoms with E-state index in [0.29, 0.717) is 29.1 Å². The summed E-state index contributed by atoms with van der Waals surface area (Å²) < 4.78 is 10.0.